The highest BCUT2D eigenvalue weighted by molar-refractivity contribution is 5.84. The van der Waals surface area contributed by atoms with Crippen LogP contribution in [-0.4, -0.2) is 36.0 Å². The van der Waals surface area contributed by atoms with Crippen molar-refractivity contribution in [3.8, 4) is 6.07 Å². The molecule has 0 aliphatic rings. The number of halogens is 5. The Bertz CT molecular complexity index is 293. The number of alkyl halides is 5. The lowest BCUT2D eigenvalue weighted by molar-refractivity contribution is -0.274. The number of hydrogen-bond acceptors (Lipinski definition) is 2. The first-order chi connectivity index (χ1) is 6.55. The van der Waals surface area contributed by atoms with Crippen molar-refractivity contribution in [3.05, 3.63) is 0 Å². The molecule has 1 amide bonds. The summed E-state index contributed by atoms with van der Waals surface area (Å²) >= 11 is 0. The predicted molar refractivity (Wildman–Crippen MR) is 38.8 cm³/mol. The van der Waals surface area contributed by atoms with E-state index in [0.717, 1.165) is 6.92 Å². The first kappa shape index (κ1) is 13.6. The quantitative estimate of drug-likeness (QED) is 0.675. The summed E-state index contributed by atoms with van der Waals surface area (Å²) in [7, 11) is 0.704. The van der Waals surface area contributed by atoms with Gasteiger partial charge in [-0.15, -0.1) is 0 Å². The molecular weight excluding hydrogens is 223 g/mol. The maximum Gasteiger partial charge on any atom is 0.463 e. The first-order valence-corrected chi connectivity index (χ1v) is 3.67. The molecule has 0 aliphatic carbocycles. The van der Waals surface area contributed by atoms with Crippen molar-refractivity contribution in [2.24, 2.45) is 0 Å². The van der Waals surface area contributed by atoms with Crippen molar-refractivity contribution in [1.29, 1.82) is 5.26 Å². The summed E-state index contributed by atoms with van der Waals surface area (Å²) < 4.78 is 60.1. The molecule has 86 valence electrons. The Morgan fingerprint density at radius 3 is 2.00 bits per heavy atom. The van der Waals surface area contributed by atoms with E-state index in [4.69, 9.17) is 5.26 Å². The summed E-state index contributed by atoms with van der Waals surface area (Å²) in [4.78, 5) is 10.8. The van der Waals surface area contributed by atoms with Crippen LogP contribution < -0.4 is 0 Å². The van der Waals surface area contributed by atoms with E-state index < -0.39 is 24.0 Å². The molecule has 8 heteroatoms. The fourth-order valence-corrected chi connectivity index (χ4v) is 0.605. The summed E-state index contributed by atoms with van der Waals surface area (Å²) in [6, 6.07) is 0.0177. The van der Waals surface area contributed by atoms with Crippen LogP contribution in [-0.2, 0) is 4.79 Å². The van der Waals surface area contributed by atoms with E-state index >= 15 is 0 Å². The average Bonchev–Trinajstić information content (AvgIpc) is 2.12. The van der Waals surface area contributed by atoms with Gasteiger partial charge in [0.15, 0.2) is 0 Å². The van der Waals surface area contributed by atoms with Gasteiger partial charge in [0.05, 0.1) is 6.07 Å². The number of carbonyl (C=O) groups is 1. The second-order valence-electron chi connectivity index (χ2n) is 2.79. The Morgan fingerprint density at radius 2 is 1.73 bits per heavy atom. The molecule has 0 aromatic heterocycles. The number of rotatable bonds is 2. The molecule has 0 saturated carbocycles. The molecule has 0 N–H and O–H groups in total. The highest BCUT2D eigenvalue weighted by Crippen LogP contribution is 2.36. The zero-order valence-corrected chi connectivity index (χ0v) is 7.77. The Morgan fingerprint density at radius 1 is 1.33 bits per heavy atom. The average molecular weight is 230 g/mol. The Hall–Kier alpha value is -1.39. The molecule has 3 nitrogen and oxygen atoms in total. The lowest BCUT2D eigenvalue weighted by Gasteiger charge is -2.26. The fraction of sp³-hybridized carbons (Fsp3) is 0.714. The smallest absolute Gasteiger partial charge is 0.324 e. The number of nitriles is 1. The molecular formula is C7H7F5N2O. The largest absolute Gasteiger partial charge is 0.463 e. The van der Waals surface area contributed by atoms with E-state index in [-0.39, 0.29) is 4.90 Å². The molecule has 0 aromatic rings. The molecule has 0 aromatic carbocycles. The maximum atomic E-state index is 12.4. The molecule has 0 bridgehead atoms. The summed E-state index contributed by atoms with van der Waals surface area (Å²) in [5.74, 6) is -7.91. The van der Waals surface area contributed by atoms with Crippen molar-refractivity contribution < 1.29 is 26.7 Å². The van der Waals surface area contributed by atoms with Gasteiger partial charge >= 0.3 is 18.0 Å². The third-order valence-electron chi connectivity index (χ3n) is 1.71. The zero-order valence-electron chi connectivity index (χ0n) is 7.77. The van der Waals surface area contributed by atoms with Crippen LogP contribution in [0.4, 0.5) is 22.0 Å². The molecule has 0 fully saturated rings. The summed E-state index contributed by atoms with van der Waals surface area (Å²) in [5.41, 5.74) is 0. The van der Waals surface area contributed by atoms with E-state index in [2.05, 4.69) is 0 Å². The molecule has 0 heterocycles. The van der Waals surface area contributed by atoms with Gasteiger partial charge in [0.1, 0.15) is 6.04 Å². The lowest BCUT2D eigenvalue weighted by atomic mass is 10.2. The van der Waals surface area contributed by atoms with Crippen LogP contribution >= 0.6 is 0 Å². The van der Waals surface area contributed by atoms with Crippen LogP contribution in [0.3, 0.4) is 0 Å². The Kier molecular flexibility index (Phi) is 3.63. The minimum absolute atomic E-state index is 0.0491. The molecule has 0 aliphatic heterocycles. The number of carbonyl (C=O) groups excluding carboxylic acids is 1. The van der Waals surface area contributed by atoms with E-state index in [9.17, 15) is 26.7 Å². The van der Waals surface area contributed by atoms with Crippen molar-refractivity contribution >= 4 is 5.91 Å². The van der Waals surface area contributed by atoms with Crippen molar-refractivity contribution in [2.75, 3.05) is 7.05 Å². The van der Waals surface area contributed by atoms with Gasteiger partial charge < -0.3 is 4.90 Å². The van der Waals surface area contributed by atoms with Crippen molar-refractivity contribution in [2.45, 2.75) is 25.1 Å². The second-order valence-corrected chi connectivity index (χ2v) is 2.79. The van der Waals surface area contributed by atoms with Gasteiger partial charge in [-0.3, -0.25) is 4.79 Å². The maximum absolute atomic E-state index is 12.4. The SMILES string of the molecule is CC(C#N)N(C)C(=O)C(F)(F)C(F)(F)F. The van der Waals surface area contributed by atoms with E-state index in [1.165, 1.54) is 6.07 Å². The minimum Gasteiger partial charge on any atom is -0.324 e. The number of amides is 1. The van der Waals surface area contributed by atoms with Gasteiger partial charge in [0.2, 0.25) is 0 Å². The van der Waals surface area contributed by atoms with Crippen LogP contribution in [0.25, 0.3) is 0 Å². The van der Waals surface area contributed by atoms with Crippen LogP contribution in [0.1, 0.15) is 6.92 Å². The zero-order chi connectivity index (χ0) is 12.4. The monoisotopic (exact) mass is 230 g/mol. The van der Waals surface area contributed by atoms with E-state index in [0.29, 0.717) is 7.05 Å². The van der Waals surface area contributed by atoms with E-state index in [1.54, 1.807) is 0 Å². The van der Waals surface area contributed by atoms with Gasteiger partial charge in [-0.2, -0.15) is 27.2 Å². The molecule has 15 heavy (non-hydrogen) atoms. The Balaban J connectivity index is 4.96. The van der Waals surface area contributed by atoms with Crippen LogP contribution in [0.2, 0.25) is 0 Å². The second kappa shape index (κ2) is 4.00. The Labute approximate surface area is 82.1 Å². The lowest BCUT2D eigenvalue weighted by Crippen LogP contribution is -2.52. The molecule has 0 rings (SSSR count). The topological polar surface area (TPSA) is 44.1 Å². The molecule has 0 saturated heterocycles. The highest BCUT2D eigenvalue weighted by atomic mass is 19.4. The van der Waals surface area contributed by atoms with Gasteiger partial charge in [0, 0.05) is 7.05 Å². The summed E-state index contributed by atoms with van der Waals surface area (Å²) in [5, 5.41) is 8.25. The van der Waals surface area contributed by atoms with Crippen LogP contribution in [0, 0.1) is 11.3 Å². The minimum atomic E-state index is -5.95. The third kappa shape index (κ3) is 2.55. The summed E-state index contributed by atoms with van der Waals surface area (Å²) in [6.07, 6.45) is -5.95. The molecule has 0 radical (unpaired) electrons. The van der Waals surface area contributed by atoms with Gasteiger partial charge in [-0.1, -0.05) is 0 Å². The van der Waals surface area contributed by atoms with Gasteiger partial charge in [-0.25, -0.2) is 0 Å². The first-order valence-electron chi connectivity index (χ1n) is 3.67. The van der Waals surface area contributed by atoms with Gasteiger partial charge in [-0.05, 0) is 6.92 Å². The molecule has 1 atom stereocenters. The molecule has 1 unspecified atom stereocenters. The molecule has 0 spiro atoms. The normalized spacial score (nSPS) is 14.3. The van der Waals surface area contributed by atoms with E-state index in [1.807, 2.05) is 0 Å². The standard InChI is InChI=1S/C7H7F5N2O/c1-4(3-13)14(2)5(15)6(8,9)7(10,11)12/h4H,1-2H3. The number of nitrogens with zero attached hydrogens (tertiary/aromatic N) is 2. The van der Waals surface area contributed by atoms with Crippen LogP contribution in [0.15, 0.2) is 0 Å². The number of hydrogen-bond donors (Lipinski definition) is 0. The van der Waals surface area contributed by atoms with Crippen LogP contribution in [0.5, 0.6) is 0 Å². The van der Waals surface area contributed by atoms with Crippen molar-refractivity contribution in [3.63, 3.8) is 0 Å². The van der Waals surface area contributed by atoms with Crippen molar-refractivity contribution in [1.82, 2.24) is 4.90 Å². The van der Waals surface area contributed by atoms with Gasteiger partial charge in [0.25, 0.3) is 0 Å². The predicted octanol–water partition coefficient (Wildman–Crippen LogP) is 1.55. The fourth-order valence-electron chi connectivity index (χ4n) is 0.605. The summed E-state index contributed by atoms with van der Waals surface area (Å²) in [6.45, 7) is 1.03. The highest BCUT2D eigenvalue weighted by Gasteiger charge is 2.64. The third-order valence-corrected chi connectivity index (χ3v) is 1.71.